The van der Waals surface area contributed by atoms with Crippen LogP contribution in [-0.2, 0) is 0 Å². The number of carbonyl (C=O) groups excluding carboxylic acids is 1. The summed E-state index contributed by atoms with van der Waals surface area (Å²) in [6.45, 7) is 3.51. The van der Waals surface area contributed by atoms with Crippen LogP contribution in [0.25, 0.3) is 0 Å². The van der Waals surface area contributed by atoms with Gasteiger partial charge in [0.05, 0.1) is 18.7 Å². The molecule has 0 radical (unpaired) electrons. The van der Waals surface area contributed by atoms with Crippen molar-refractivity contribution in [2.24, 2.45) is 0 Å². The molecule has 1 heterocycles. The van der Waals surface area contributed by atoms with Gasteiger partial charge in [0.25, 0.3) is 0 Å². The van der Waals surface area contributed by atoms with Crippen molar-refractivity contribution in [2.75, 3.05) is 26.2 Å². The number of quaternary nitrogens is 1. The molecule has 3 nitrogen and oxygen atoms in total. The molecule has 0 spiro atoms. The summed E-state index contributed by atoms with van der Waals surface area (Å²) in [6.07, 6.45) is 0. The predicted octanol–water partition coefficient (Wildman–Crippen LogP) is -3.03. The van der Waals surface area contributed by atoms with Gasteiger partial charge in [-0.15, -0.1) is 0 Å². The summed E-state index contributed by atoms with van der Waals surface area (Å²) in [4.78, 5) is 13.0. The standard InChI is InChI=1S/C11H13ClN2O.ClH/c12-10-3-1-2-9(8-10)11(15)14-6-4-13-5-7-14;/h1-3,8,13H,4-7H2;1H. The summed E-state index contributed by atoms with van der Waals surface area (Å²) in [5.74, 6) is 0.152. The molecule has 1 amide bonds. The van der Waals surface area contributed by atoms with E-state index in [1.807, 2.05) is 12.1 Å². The van der Waals surface area contributed by atoms with Crippen molar-refractivity contribution >= 4 is 17.5 Å². The highest BCUT2D eigenvalue weighted by Gasteiger charge is 2.23. The molecule has 2 rings (SSSR count). The predicted molar refractivity (Wildman–Crippen MR) is 59.3 cm³/mol. The Morgan fingerprint density at radius 1 is 1.31 bits per heavy atom. The molecule has 0 bridgehead atoms. The molecular weight excluding hydrogens is 247 g/mol. The number of halogens is 2. The third-order valence-corrected chi connectivity index (χ3v) is 2.85. The maximum absolute atomic E-state index is 12.0. The number of rotatable bonds is 1. The van der Waals surface area contributed by atoms with Gasteiger partial charge in [-0.05, 0) is 18.2 Å². The van der Waals surface area contributed by atoms with Crippen molar-refractivity contribution in [2.45, 2.75) is 0 Å². The van der Waals surface area contributed by atoms with E-state index in [9.17, 15) is 4.79 Å². The van der Waals surface area contributed by atoms with Crippen LogP contribution in [-0.4, -0.2) is 32.1 Å². The Kier molecular flexibility index (Phi) is 5.22. The molecule has 1 fully saturated rings. The minimum Gasteiger partial charge on any atom is -1.00 e. The number of benzene rings is 1. The first-order valence-electron chi connectivity index (χ1n) is 5.13. The molecule has 0 aromatic heterocycles. The van der Waals surface area contributed by atoms with Crippen molar-refractivity contribution in [1.82, 2.24) is 5.32 Å². The molecule has 1 aromatic carbocycles. The number of carbonyl (C=O) groups is 1. The van der Waals surface area contributed by atoms with Crippen molar-refractivity contribution in [3.05, 3.63) is 34.9 Å². The first-order valence-corrected chi connectivity index (χ1v) is 5.51. The molecule has 2 N–H and O–H groups in total. The zero-order valence-electron chi connectivity index (χ0n) is 8.80. The van der Waals surface area contributed by atoms with E-state index in [2.05, 4.69) is 5.32 Å². The highest BCUT2D eigenvalue weighted by atomic mass is 35.5. The van der Waals surface area contributed by atoms with E-state index in [4.69, 9.17) is 11.6 Å². The molecule has 0 aliphatic carbocycles. The van der Waals surface area contributed by atoms with Gasteiger partial charge in [0, 0.05) is 18.1 Å². The third-order valence-electron chi connectivity index (χ3n) is 2.62. The Morgan fingerprint density at radius 3 is 2.62 bits per heavy atom. The molecule has 1 aromatic rings. The average molecular weight is 261 g/mol. The Bertz CT molecular complexity index is 365. The van der Waals surface area contributed by atoms with Crippen LogP contribution < -0.4 is 22.6 Å². The first kappa shape index (κ1) is 13.5. The van der Waals surface area contributed by atoms with E-state index in [0.717, 1.165) is 31.1 Å². The van der Waals surface area contributed by atoms with Crippen molar-refractivity contribution in [3.8, 4) is 0 Å². The van der Waals surface area contributed by atoms with Crippen LogP contribution in [0.15, 0.2) is 24.3 Å². The van der Waals surface area contributed by atoms with Crippen LogP contribution in [0.1, 0.15) is 10.4 Å². The summed E-state index contributed by atoms with van der Waals surface area (Å²) in [6, 6.07) is 7.16. The molecule has 0 unspecified atom stereocenters. The minimum absolute atomic E-state index is 0. The maximum atomic E-state index is 12.0. The summed E-state index contributed by atoms with van der Waals surface area (Å²) in [5.41, 5.74) is 0.708. The largest absolute Gasteiger partial charge is 1.00 e. The van der Waals surface area contributed by atoms with Gasteiger partial charge in [-0.25, -0.2) is 4.79 Å². The maximum Gasteiger partial charge on any atom is 0.344 e. The van der Waals surface area contributed by atoms with Crippen molar-refractivity contribution in [3.63, 3.8) is 0 Å². The lowest BCUT2D eigenvalue weighted by Gasteiger charge is -2.21. The van der Waals surface area contributed by atoms with Crippen LogP contribution >= 0.6 is 11.6 Å². The van der Waals surface area contributed by atoms with E-state index >= 15 is 0 Å². The SMILES string of the molecule is O=C(c1cccc(Cl)c1)[NH+]1CCNCC1.[Cl-]. The Balaban J connectivity index is 0.00000128. The smallest absolute Gasteiger partial charge is 0.344 e. The molecule has 16 heavy (non-hydrogen) atoms. The Hall–Kier alpha value is -0.610. The second kappa shape index (κ2) is 6.21. The lowest BCUT2D eigenvalue weighted by atomic mass is 10.2. The number of piperazine rings is 1. The third kappa shape index (κ3) is 3.19. The van der Waals surface area contributed by atoms with Crippen molar-refractivity contribution in [1.29, 1.82) is 0 Å². The quantitative estimate of drug-likeness (QED) is 0.564. The van der Waals surface area contributed by atoms with E-state index in [0.29, 0.717) is 10.6 Å². The molecule has 5 heteroatoms. The van der Waals surface area contributed by atoms with E-state index < -0.39 is 0 Å². The van der Waals surface area contributed by atoms with Gasteiger partial charge in [-0.1, -0.05) is 17.7 Å². The van der Waals surface area contributed by atoms with E-state index in [1.54, 1.807) is 12.1 Å². The molecule has 88 valence electrons. The molecule has 1 aliphatic rings. The van der Waals surface area contributed by atoms with Gasteiger partial charge >= 0.3 is 5.91 Å². The van der Waals surface area contributed by atoms with Gasteiger partial charge in [0.15, 0.2) is 0 Å². The highest BCUT2D eigenvalue weighted by molar-refractivity contribution is 6.30. The second-order valence-corrected chi connectivity index (χ2v) is 4.13. The molecule has 1 aliphatic heterocycles. The second-order valence-electron chi connectivity index (χ2n) is 3.69. The molecule has 0 saturated carbocycles. The van der Waals surface area contributed by atoms with E-state index in [-0.39, 0.29) is 18.3 Å². The summed E-state index contributed by atoms with van der Waals surface area (Å²) >= 11 is 5.85. The molecular formula is C11H14Cl2N2O. The summed E-state index contributed by atoms with van der Waals surface area (Å²) < 4.78 is 0. The van der Waals surface area contributed by atoms with Gasteiger partial charge in [0.2, 0.25) is 0 Å². The fraction of sp³-hybridized carbons (Fsp3) is 0.364. The van der Waals surface area contributed by atoms with Gasteiger partial charge in [-0.2, -0.15) is 0 Å². The van der Waals surface area contributed by atoms with Gasteiger partial charge in [-0.3, -0.25) is 4.90 Å². The number of amides is 1. The zero-order valence-corrected chi connectivity index (χ0v) is 10.3. The highest BCUT2D eigenvalue weighted by Crippen LogP contribution is 2.09. The summed E-state index contributed by atoms with van der Waals surface area (Å²) in [7, 11) is 0. The van der Waals surface area contributed by atoms with Crippen molar-refractivity contribution < 1.29 is 22.1 Å². The van der Waals surface area contributed by atoms with Gasteiger partial charge < -0.3 is 17.7 Å². The van der Waals surface area contributed by atoms with Crippen LogP contribution in [0, 0.1) is 0 Å². The van der Waals surface area contributed by atoms with Crippen LogP contribution in [0.5, 0.6) is 0 Å². The minimum atomic E-state index is 0. The average Bonchev–Trinajstić information content (AvgIpc) is 2.29. The normalized spacial score (nSPS) is 16.6. The zero-order chi connectivity index (χ0) is 10.7. The Morgan fingerprint density at radius 2 is 2.00 bits per heavy atom. The van der Waals surface area contributed by atoms with Crippen LogP contribution in [0.4, 0.5) is 0 Å². The number of hydrogen-bond acceptors (Lipinski definition) is 2. The number of hydrogen-bond donors (Lipinski definition) is 2. The lowest BCUT2D eigenvalue weighted by molar-refractivity contribution is -0.816. The van der Waals surface area contributed by atoms with E-state index in [1.165, 1.54) is 0 Å². The fourth-order valence-electron chi connectivity index (χ4n) is 1.79. The first-order chi connectivity index (χ1) is 7.27. The van der Waals surface area contributed by atoms with Crippen LogP contribution in [0.3, 0.4) is 0 Å². The molecule has 1 saturated heterocycles. The summed E-state index contributed by atoms with van der Waals surface area (Å²) in [5, 5.41) is 3.85. The molecule has 0 atom stereocenters. The topological polar surface area (TPSA) is 33.5 Å². The van der Waals surface area contributed by atoms with Gasteiger partial charge in [0.1, 0.15) is 0 Å². The lowest BCUT2D eigenvalue weighted by Crippen LogP contribution is -3.17. The number of nitrogens with one attached hydrogen (secondary N) is 2. The van der Waals surface area contributed by atoms with Crippen LogP contribution in [0.2, 0.25) is 5.02 Å². The Labute approximate surface area is 106 Å². The monoisotopic (exact) mass is 260 g/mol. The fourth-order valence-corrected chi connectivity index (χ4v) is 1.98.